The molecule has 0 saturated heterocycles. The van der Waals surface area contributed by atoms with Gasteiger partial charge in [0, 0.05) is 16.8 Å². The number of hydrogen-bond donors (Lipinski definition) is 1. The van der Waals surface area contributed by atoms with Crippen LogP contribution in [0.4, 0.5) is 13.2 Å². The van der Waals surface area contributed by atoms with Crippen LogP contribution in [0.15, 0.2) is 15.9 Å². The molecule has 0 radical (unpaired) electrons. The van der Waals surface area contributed by atoms with Crippen molar-refractivity contribution in [2.75, 3.05) is 13.2 Å². The van der Waals surface area contributed by atoms with Gasteiger partial charge in [0.25, 0.3) is 0 Å². The van der Waals surface area contributed by atoms with Crippen LogP contribution in [-0.2, 0) is 9.53 Å². The average molecular weight is 358 g/mol. The van der Waals surface area contributed by atoms with Crippen molar-refractivity contribution in [1.82, 2.24) is 5.32 Å². The summed E-state index contributed by atoms with van der Waals surface area (Å²) >= 11 is 4.95. The van der Waals surface area contributed by atoms with Crippen LogP contribution in [0.25, 0.3) is 0 Å². The molecule has 1 amide bonds. The Morgan fingerprint density at radius 2 is 2.26 bits per heavy atom. The number of thiophene rings is 1. The lowest BCUT2D eigenvalue weighted by molar-refractivity contribution is -0.175. The fraction of sp³-hybridized carbons (Fsp3) is 0.545. The Labute approximate surface area is 120 Å². The van der Waals surface area contributed by atoms with Crippen molar-refractivity contribution in [2.24, 2.45) is 0 Å². The summed E-state index contributed by atoms with van der Waals surface area (Å²) in [5.74, 6) is -0.241. The quantitative estimate of drug-likeness (QED) is 0.879. The first-order chi connectivity index (χ1) is 8.85. The van der Waals surface area contributed by atoms with Crippen molar-refractivity contribution < 1.29 is 22.7 Å². The molecule has 1 N–H and O–H groups in total. The highest BCUT2D eigenvalue weighted by Crippen LogP contribution is 2.44. The number of ether oxygens (including phenoxy) is 1. The van der Waals surface area contributed by atoms with Crippen LogP contribution in [0.3, 0.4) is 0 Å². The first-order valence-corrected chi connectivity index (χ1v) is 7.15. The fourth-order valence-corrected chi connectivity index (χ4v) is 3.31. The number of carbonyl (C=O) groups excluding carboxylic acids is 1. The predicted molar refractivity (Wildman–Crippen MR) is 68.2 cm³/mol. The minimum absolute atomic E-state index is 0.00698. The van der Waals surface area contributed by atoms with Crippen molar-refractivity contribution in [3.8, 4) is 0 Å². The predicted octanol–water partition coefficient (Wildman–Crippen LogP) is 3.06. The maximum absolute atomic E-state index is 11.8. The number of hydrogen-bond acceptors (Lipinski definition) is 3. The van der Waals surface area contributed by atoms with E-state index in [9.17, 15) is 18.0 Å². The number of rotatable bonds is 5. The standard InChI is InChI=1S/C11H11BrF3NO2S/c12-9-2-1-8(19-9)6-3-7(6)16-10(17)4-18-5-11(13,14)15/h1-2,6-7H,3-5H2,(H,16,17)/t6-,7-/m1/s1. The molecule has 2 atom stereocenters. The van der Waals surface area contributed by atoms with Crippen LogP contribution in [0.5, 0.6) is 0 Å². The molecule has 1 aromatic heterocycles. The number of nitrogens with one attached hydrogen (secondary N) is 1. The van der Waals surface area contributed by atoms with Crippen molar-refractivity contribution in [3.63, 3.8) is 0 Å². The molecule has 1 aromatic rings. The van der Waals surface area contributed by atoms with Gasteiger partial charge in [-0.2, -0.15) is 13.2 Å². The zero-order chi connectivity index (χ0) is 14.0. The zero-order valence-electron chi connectivity index (χ0n) is 9.67. The smallest absolute Gasteiger partial charge is 0.362 e. The molecule has 0 unspecified atom stereocenters. The summed E-state index contributed by atoms with van der Waals surface area (Å²) in [5, 5.41) is 2.66. The van der Waals surface area contributed by atoms with E-state index >= 15 is 0 Å². The molecule has 0 aromatic carbocycles. The van der Waals surface area contributed by atoms with Gasteiger partial charge in [-0.05, 0) is 34.5 Å². The summed E-state index contributed by atoms with van der Waals surface area (Å²) in [7, 11) is 0. The van der Waals surface area contributed by atoms with Gasteiger partial charge in [-0.15, -0.1) is 11.3 Å². The molecule has 1 aliphatic carbocycles. The van der Waals surface area contributed by atoms with E-state index in [0.29, 0.717) is 0 Å². The van der Waals surface area contributed by atoms with Crippen LogP contribution in [-0.4, -0.2) is 31.3 Å². The molecule has 1 saturated carbocycles. The van der Waals surface area contributed by atoms with Crippen molar-refractivity contribution in [1.29, 1.82) is 0 Å². The van der Waals surface area contributed by atoms with Crippen molar-refractivity contribution >= 4 is 33.2 Å². The fourth-order valence-electron chi connectivity index (χ4n) is 1.70. The SMILES string of the molecule is O=C(COCC(F)(F)F)N[C@@H]1C[C@H]1c1ccc(Br)s1. The van der Waals surface area contributed by atoms with Gasteiger partial charge >= 0.3 is 6.18 Å². The lowest BCUT2D eigenvalue weighted by Gasteiger charge is -2.07. The summed E-state index contributed by atoms with van der Waals surface area (Å²) in [4.78, 5) is 12.5. The summed E-state index contributed by atoms with van der Waals surface area (Å²) in [5.41, 5.74) is 0. The van der Waals surface area contributed by atoms with E-state index in [2.05, 4.69) is 26.0 Å². The van der Waals surface area contributed by atoms with Crippen LogP contribution in [0, 0.1) is 0 Å². The molecular weight excluding hydrogens is 347 g/mol. The second-order valence-electron chi connectivity index (χ2n) is 4.27. The molecule has 2 rings (SSSR count). The zero-order valence-corrected chi connectivity index (χ0v) is 12.1. The lowest BCUT2D eigenvalue weighted by Crippen LogP contribution is -2.31. The third kappa shape index (κ3) is 4.77. The Morgan fingerprint density at radius 1 is 1.53 bits per heavy atom. The summed E-state index contributed by atoms with van der Waals surface area (Å²) < 4.78 is 40.7. The van der Waals surface area contributed by atoms with Gasteiger partial charge in [-0.25, -0.2) is 0 Å². The highest BCUT2D eigenvalue weighted by molar-refractivity contribution is 9.11. The molecule has 0 bridgehead atoms. The Morgan fingerprint density at radius 3 is 2.84 bits per heavy atom. The largest absolute Gasteiger partial charge is 0.411 e. The number of alkyl halides is 3. The van der Waals surface area contributed by atoms with Gasteiger partial charge in [-0.1, -0.05) is 0 Å². The van der Waals surface area contributed by atoms with Gasteiger partial charge in [0.15, 0.2) is 0 Å². The van der Waals surface area contributed by atoms with Crippen LogP contribution >= 0.6 is 27.3 Å². The summed E-state index contributed by atoms with van der Waals surface area (Å²) in [6.07, 6.45) is -3.58. The van der Waals surface area contributed by atoms with Gasteiger partial charge in [-0.3, -0.25) is 4.79 Å². The van der Waals surface area contributed by atoms with E-state index in [1.165, 1.54) is 0 Å². The summed E-state index contributed by atoms with van der Waals surface area (Å²) in [6.45, 7) is -1.96. The van der Waals surface area contributed by atoms with E-state index in [-0.39, 0.29) is 12.0 Å². The number of carbonyl (C=O) groups is 1. The van der Waals surface area contributed by atoms with E-state index in [4.69, 9.17) is 0 Å². The molecule has 106 valence electrons. The number of amides is 1. The molecule has 19 heavy (non-hydrogen) atoms. The van der Waals surface area contributed by atoms with Gasteiger partial charge in [0.05, 0.1) is 3.79 Å². The minimum Gasteiger partial charge on any atom is -0.362 e. The second kappa shape index (κ2) is 5.80. The molecule has 0 spiro atoms. The molecule has 3 nitrogen and oxygen atoms in total. The maximum Gasteiger partial charge on any atom is 0.411 e. The molecule has 1 aliphatic rings. The lowest BCUT2D eigenvalue weighted by atomic mass is 10.3. The Hall–Kier alpha value is -0.600. The molecule has 0 aliphatic heterocycles. The third-order valence-electron chi connectivity index (χ3n) is 2.60. The Balaban J connectivity index is 1.68. The Kier molecular flexibility index (Phi) is 4.52. The maximum atomic E-state index is 11.8. The molecule has 1 heterocycles. The van der Waals surface area contributed by atoms with Gasteiger partial charge in [0.1, 0.15) is 13.2 Å². The van der Waals surface area contributed by atoms with Crippen LogP contribution in [0.2, 0.25) is 0 Å². The molecule has 1 fully saturated rings. The van der Waals surface area contributed by atoms with Crippen LogP contribution < -0.4 is 5.32 Å². The summed E-state index contributed by atoms with van der Waals surface area (Å²) in [6, 6.07) is 3.92. The molecule has 8 heteroatoms. The monoisotopic (exact) mass is 357 g/mol. The van der Waals surface area contributed by atoms with Gasteiger partial charge < -0.3 is 10.1 Å². The van der Waals surface area contributed by atoms with E-state index < -0.39 is 25.3 Å². The first kappa shape index (κ1) is 14.8. The van der Waals surface area contributed by atoms with Crippen molar-refractivity contribution in [2.45, 2.75) is 24.6 Å². The van der Waals surface area contributed by atoms with E-state index in [0.717, 1.165) is 15.1 Å². The second-order valence-corrected chi connectivity index (χ2v) is 6.76. The van der Waals surface area contributed by atoms with E-state index in [1.807, 2.05) is 12.1 Å². The van der Waals surface area contributed by atoms with Crippen molar-refractivity contribution in [3.05, 3.63) is 20.8 Å². The molecular formula is C11H11BrF3NO2S. The average Bonchev–Trinajstić information content (AvgIpc) is 2.88. The van der Waals surface area contributed by atoms with Gasteiger partial charge in [0.2, 0.25) is 5.91 Å². The normalized spacial score (nSPS) is 22.3. The highest BCUT2D eigenvalue weighted by Gasteiger charge is 2.40. The number of halogens is 4. The highest BCUT2D eigenvalue weighted by atomic mass is 79.9. The van der Waals surface area contributed by atoms with E-state index in [1.54, 1.807) is 11.3 Å². The van der Waals surface area contributed by atoms with Crippen LogP contribution in [0.1, 0.15) is 17.2 Å². The first-order valence-electron chi connectivity index (χ1n) is 5.54. The third-order valence-corrected chi connectivity index (χ3v) is 4.35. The minimum atomic E-state index is -4.40. The topological polar surface area (TPSA) is 38.3 Å². The Bertz CT molecular complexity index is 463.